The SMILES string of the molecule is COc1ccc(Oc2cc(NC(=O)c3cc(-c4cnn(C)c4C)nc4ccccc34)cc([N+](=O)[O-])c2)cc1. The lowest BCUT2D eigenvalue weighted by Crippen LogP contribution is -2.13. The second kappa shape index (κ2) is 10.0. The van der Waals surface area contributed by atoms with Gasteiger partial charge in [0.25, 0.3) is 11.6 Å². The number of anilines is 1. The number of non-ortho nitro benzene ring substituents is 1. The number of carbonyl (C=O) groups excluding carboxylic acids is 1. The maximum atomic E-state index is 13.5. The molecule has 0 fully saturated rings. The van der Waals surface area contributed by atoms with Crippen LogP contribution in [0.25, 0.3) is 22.2 Å². The normalized spacial score (nSPS) is 10.8. The Kier molecular flexibility index (Phi) is 6.44. The molecule has 3 aromatic carbocycles. The second-order valence-corrected chi connectivity index (χ2v) is 8.54. The number of para-hydroxylation sites is 1. The first-order chi connectivity index (χ1) is 18.3. The van der Waals surface area contributed by atoms with Crippen molar-refractivity contribution >= 4 is 28.2 Å². The summed E-state index contributed by atoms with van der Waals surface area (Å²) < 4.78 is 12.7. The summed E-state index contributed by atoms with van der Waals surface area (Å²) in [6.07, 6.45) is 1.71. The fourth-order valence-corrected chi connectivity index (χ4v) is 4.05. The molecule has 0 bridgehead atoms. The number of amides is 1. The monoisotopic (exact) mass is 509 g/mol. The number of aromatic nitrogens is 3. The van der Waals surface area contributed by atoms with Gasteiger partial charge in [-0.3, -0.25) is 19.6 Å². The molecule has 0 saturated heterocycles. The molecule has 1 amide bonds. The lowest BCUT2D eigenvalue weighted by Gasteiger charge is -2.12. The molecule has 0 spiro atoms. The topological polar surface area (TPSA) is 121 Å². The molecule has 10 heteroatoms. The summed E-state index contributed by atoms with van der Waals surface area (Å²) in [6, 6.07) is 19.9. The van der Waals surface area contributed by atoms with Crippen LogP contribution in [-0.4, -0.2) is 32.7 Å². The van der Waals surface area contributed by atoms with Gasteiger partial charge in [-0.2, -0.15) is 5.10 Å². The van der Waals surface area contributed by atoms with Crippen LogP contribution in [-0.2, 0) is 7.05 Å². The Hall–Kier alpha value is -5.25. The Morgan fingerprint density at radius 1 is 1.00 bits per heavy atom. The molecule has 5 rings (SSSR count). The number of methoxy groups -OCH3 is 1. The number of nitrogens with one attached hydrogen (secondary N) is 1. The first-order valence-corrected chi connectivity index (χ1v) is 11.6. The number of carbonyl (C=O) groups is 1. The minimum atomic E-state index is -0.540. The predicted molar refractivity (Wildman–Crippen MR) is 143 cm³/mol. The van der Waals surface area contributed by atoms with E-state index in [1.54, 1.807) is 48.3 Å². The number of benzene rings is 3. The molecule has 0 atom stereocenters. The fraction of sp³-hybridized carbons (Fsp3) is 0.107. The molecule has 2 heterocycles. The number of hydrogen-bond donors (Lipinski definition) is 1. The highest BCUT2D eigenvalue weighted by Crippen LogP contribution is 2.32. The average molecular weight is 510 g/mol. The number of ether oxygens (including phenoxy) is 2. The second-order valence-electron chi connectivity index (χ2n) is 8.54. The maximum Gasteiger partial charge on any atom is 0.275 e. The van der Waals surface area contributed by atoms with Gasteiger partial charge in [-0.1, -0.05) is 18.2 Å². The number of nitro benzene ring substituents is 1. The van der Waals surface area contributed by atoms with Crippen molar-refractivity contribution in [1.29, 1.82) is 0 Å². The number of fused-ring (bicyclic) bond motifs is 1. The molecule has 0 aliphatic rings. The lowest BCUT2D eigenvalue weighted by molar-refractivity contribution is -0.384. The molecule has 10 nitrogen and oxygen atoms in total. The summed E-state index contributed by atoms with van der Waals surface area (Å²) in [5, 5.41) is 19.3. The summed E-state index contributed by atoms with van der Waals surface area (Å²) in [7, 11) is 3.39. The Morgan fingerprint density at radius 2 is 1.74 bits per heavy atom. The van der Waals surface area contributed by atoms with Gasteiger partial charge in [0.2, 0.25) is 0 Å². The molecular weight excluding hydrogens is 486 g/mol. The van der Waals surface area contributed by atoms with Crippen molar-refractivity contribution in [3.63, 3.8) is 0 Å². The van der Waals surface area contributed by atoms with Gasteiger partial charge >= 0.3 is 0 Å². The molecule has 0 aliphatic heterocycles. The summed E-state index contributed by atoms with van der Waals surface area (Å²) in [5.41, 5.74) is 3.31. The van der Waals surface area contributed by atoms with E-state index in [2.05, 4.69) is 10.4 Å². The van der Waals surface area contributed by atoms with Crippen LogP contribution in [0, 0.1) is 17.0 Å². The summed E-state index contributed by atoms with van der Waals surface area (Å²) in [6.45, 7) is 1.92. The third-order valence-corrected chi connectivity index (χ3v) is 6.13. The van der Waals surface area contributed by atoms with Crippen LogP contribution in [0.4, 0.5) is 11.4 Å². The van der Waals surface area contributed by atoms with Gasteiger partial charge < -0.3 is 14.8 Å². The van der Waals surface area contributed by atoms with Crippen molar-refractivity contribution in [2.45, 2.75) is 6.92 Å². The third-order valence-electron chi connectivity index (χ3n) is 6.13. The van der Waals surface area contributed by atoms with Gasteiger partial charge in [0.05, 0.1) is 46.8 Å². The Bertz CT molecular complexity index is 1680. The number of nitro groups is 1. The highest BCUT2D eigenvalue weighted by molar-refractivity contribution is 6.13. The minimum absolute atomic E-state index is 0.200. The van der Waals surface area contributed by atoms with E-state index in [1.807, 2.05) is 38.2 Å². The van der Waals surface area contributed by atoms with Crippen molar-refractivity contribution in [3.8, 4) is 28.5 Å². The molecule has 0 aliphatic carbocycles. The number of nitrogens with zero attached hydrogens (tertiary/aromatic N) is 4. The zero-order valence-corrected chi connectivity index (χ0v) is 20.8. The number of hydrogen-bond acceptors (Lipinski definition) is 7. The zero-order chi connectivity index (χ0) is 26.8. The van der Waals surface area contributed by atoms with Crippen molar-refractivity contribution < 1.29 is 19.2 Å². The van der Waals surface area contributed by atoms with Crippen LogP contribution in [0.3, 0.4) is 0 Å². The van der Waals surface area contributed by atoms with Crippen LogP contribution >= 0.6 is 0 Å². The Balaban J connectivity index is 1.51. The molecular formula is C28H23N5O5. The smallest absolute Gasteiger partial charge is 0.275 e. The maximum absolute atomic E-state index is 13.5. The number of aryl methyl sites for hydroxylation is 1. The molecule has 190 valence electrons. The fourth-order valence-electron chi connectivity index (χ4n) is 4.05. The van der Waals surface area contributed by atoms with E-state index in [0.29, 0.717) is 33.7 Å². The number of rotatable bonds is 7. The molecule has 2 aromatic heterocycles. The van der Waals surface area contributed by atoms with Gasteiger partial charge in [0.15, 0.2) is 0 Å². The number of pyridine rings is 1. The van der Waals surface area contributed by atoms with E-state index in [0.717, 1.165) is 11.3 Å². The van der Waals surface area contributed by atoms with E-state index in [9.17, 15) is 14.9 Å². The van der Waals surface area contributed by atoms with E-state index in [-0.39, 0.29) is 17.1 Å². The quantitative estimate of drug-likeness (QED) is 0.214. The minimum Gasteiger partial charge on any atom is -0.497 e. The summed E-state index contributed by atoms with van der Waals surface area (Å²) in [4.78, 5) is 29.3. The highest BCUT2D eigenvalue weighted by atomic mass is 16.6. The summed E-state index contributed by atoms with van der Waals surface area (Å²) >= 11 is 0. The van der Waals surface area contributed by atoms with E-state index >= 15 is 0 Å². The van der Waals surface area contributed by atoms with Gasteiger partial charge in [-0.25, -0.2) is 4.98 Å². The Morgan fingerprint density at radius 3 is 2.42 bits per heavy atom. The van der Waals surface area contributed by atoms with Crippen molar-refractivity contribution in [1.82, 2.24) is 14.8 Å². The molecule has 0 radical (unpaired) electrons. The van der Waals surface area contributed by atoms with Crippen molar-refractivity contribution in [2.75, 3.05) is 12.4 Å². The zero-order valence-electron chi connectivity index (χ0n) is 20.8. The predicted octanol–water partition coefficient (Wildman–Crippen LogP) is 5.91. The lowest BCUT2D eigenvalue weighted by atomic mass is 10.0. The first kappa shape index (κ1) is 24.4. The average Bonchev–Trinajstić information content (AvgIpc) is 3.26. The van der Waals surface area contributed by atoms with E-state index in [4.69, 9.17) is 14.5 Å². The standard InChI is InChI=1S/C28H23N5O5/c1-17-25(16-29-32(17)2)27-15-24(23-6-4-5-7-26(23)31-27)28(34)30-18-12-19(33(35)36)14-22(13-18)38-21-10-8-20(37-3)9-11-21/h4-16H,1-3H3,(H,30,34). The molecule has 0 saturated carbocycles. The molecule has 5 aromatic rings. The molecule has 0 unspecified atom stereocenters. The van der Waals surface area contributed by atoms with Gasteiger partial charge in [-0.05, 0) is 43.3 Å². The first-order valence-electron chi connectivity index (χ1n) is 11.6. The van der Waals surface area contributed by atoms with Crippen molar-refractivity contribution in [2.24, 2.45) is 7.05 Å². The van der Waals surface area contributed by atoms with Crippen LogP contribution in [0.5, 0.6) is 17.2 Å². The van der Waals surface area contributed by atoms with Gasteiger partial charge in [0, 0.05) is 35.8 Å². The van der Waals surface area contributed by atoms with Gasteiger partial charge in [0.1, 0.15) is 17.2 Å². The third kappa shape index (κ3) is 4.87. The van der Waals surface area contributed by atoms with E-state index in [1.165, 1.54) is 18.2 Å². The molecule has 1 N–H and O–H groups in total. The van der Waals surface area contributed by atoms with Gasteiger partial charge in [-0.15, -0.1) is 0 Å². The van der Waals surface area contributed by atoms with Crippen LogP contribution in [0.15, 0.2) is 79.0 Å². The van der Waals surface area contributed by atoms with Crippen LogP contribution in [0.1, 0.15) is 16.1 Å². The van der Waals surface area contributed by atoms with E-state index < -0.39 is 10.8 Å². The highest BCUT2D eigenvalue weighted by Gasteiger charge is 2.18. The molecule has 38 heavy (non-hydrogen) atoms. The van der Waals surface area contributed by atoms with Crippen LogP contribution in [0.2, 0.25) is 0 Å². The van der Waals surface area contributed by atoms with Crippen LogP contribution < -0.4 is 14.8 Å². The van der Waals surface area contributed by atoms with Crippen molar-refractivity contribution in [3.05, 3.63) is 100 Å². The largest absolute Gasteiger partial charge is 0.497 e. The Labute approximate surface area is 217 Å². The summed E-state index contributed by atoms with van der Waals surface area (Å²) in [5.74, 6) is 0.864.